The number of aryl methyl sites for hydroxylation is 1. The Morgan fingerprint density at radius 3 is 2.85 bits per heavy atom. The molecule has 7 nitrogen and oxygen atoms in total. The van der Waals surface area contributed by atoms with E-state index in [0.29, 0.717) is 29.5 Å². The Bertz CT molecular complexity index is 1340. The molecule has 1 amide bonds. The molecule has 9 heteroatoms. The van der Waals surface area contributed by atoms with Gasteiger partial charge in [0.2, 0.25) is 5.91 Å². The molecule has 1 N–H and O–H groups in total. The first-order valence-electron chi connectivity index (χ1n) is 13.4. The lowest BCUT2D eigenvalue weighted by Crippen LogP contribution is -2.33. The first-order valence-corrected chi connectivity index (χ1v) is 14.2. The Kier molecular flexibility index (Phi) is 8.28. The zero-order valence-electron chi connectivity index (χ0n) is 22.3. The maximum atomic E-state index is 14.5. The van der Waals surface area contributed by atoms with Crippen LogP contribution in [0.15, 0.2) is 41.9 Å². The fourth-order valence-electron chi connectivity index (χ4n) is 5.61. The number of anilines is 1. The molecule has 1 aliphatic heterocycles. The number of hydrogen-bond donors (Lipinski definition) is 1. The zero-order chi connectivity index (χ0) is 27.4. The van der Waals surface area contributed by atoms with Crippen molar-refractivity contribution in [1.29, 1.82) is 0 Å². The lowest BCUT2D eigenvalue weighted by atomic mass is 9.68. The second-order valence-corrected chi connectivity index (χ2v) is 11.4. The van der Waals surface area contributed by atoms with Gasteiger partial charge in [0.05, 0.1) is 18.8 Å². The molecule has 2 atom stereocenters. The van der Waals surface area contributed by atoms with Crippen LogP contribution in [0.4, 0.5) is 9.52 Å². The summed E-state index contributed by atoms with van der Waals surface area (Å²) in [6, 6.07) is 8.52. The quantitative estimate of drug-likeness (QED) is 0.330. The van der Waals surface area contributed by atoms with Gasteiger partial charge < -0.3 is 19.5 Å². The first kappa shape index (κ1) is 27.3. The topological polar surface area (TPSA) is 86.8 Å². The van der Waals surface area contributed by atoms with Gasteiger partial charge in [-0.3, -0.25) is 4.79 Å². The fourth-order valence-corrected chi connectivity index (χ4v) is 6.15. The molecule has 1 aromatic heterocycles. The van der Waals surface area contributed by atoms with Crippen molar-refractivity contribution in [3.8, 4) is 16.9 Å². The van der Waals surface area contributed by atoms with Crippen molar-refractivity contribution in [3.05, 3.63) is 64.4 Å². The second kappa shape index (κ2) is 11.8. The van der Waals surface area contributed by atoms with E-state index in [0.717, 1.165) is 61.8 Å². The van der Waals surface area contributed by atoms with Gasteiger partial charge in [0.25, 0.3) is 0 Å². The Balaban J connectivity index is 1.52. The standard InChI is InChI=1S/C30H33FN2O5S/c1-30(17-27(34)33-29-32-11-13-39-29)10-5-6-20-15-26(38-18-21-7-3-4-12-37-21)22(16-24(20)30)19-8-9-25(31)23(14-19)28(35)36-2/h8-9,11,13-16,21H,3-7,10,12,17-18H2,1-2H3,(H,32,33,34). The van der Waals surface area contributed by atoms with Crippen LogP contribution in [-0.2, 0) is 26.1 Å². The van der Waals surface area contributed by atoms with Crippen LogP contribution in [0.3, 0.4) is 0 Å². The smallest absolute Gasteiger partial charge is 0.340 e. The third kappa shape index (κ3) is 6.15. The van der Waals surface area contributed by atoms with Crippen LogP contribution in [0, 0.1) is 5.82 Å². The third-order valence-electron chi connectivity index (χ3n) is 7.64. The van der Waals surface area contributed by atoms with Gasteiger partial charge in [-0.1, -0.05) is 13.0 Å². The minimum absolute atomic E-state index is 0.0151. The molecule has 2 aliphatic rings. The number of carbonyl (C=O) groups is 2. The van der Waals surface area contributed by atoms with Crippen molar-refractivity contribution in [3.63, 3.8) is 0 Å². The van der Waals surface area contributed by atoms with Crippen molar-refractivity contribution in [2.45, 2.75) is 63.4 Å². The minimum atomic E-state index is -0.742. The average molecular weight is 553 g/mol. The molecule has 1 saturated heterocycles. The molecule has 206 valence electrons. The molecule has 2 heterocycles. The second-order valence-electron chi connectivity index (χ2n) is 10.5. The highest BCUT2D eigenvalue weighted by Crippen LogP contribution is 2.45. The number of carbonyl (C=O) groups excluding carboxylic acids is 2. The Morgan fingerprint density at radius 2 is 2.10 bits per heavy atom. The highest BCUT2D eigenvalue weighted by Gasteiger charge is 2.36. The fraction of sp³-hybridized carbons (Fsp3) is 0.433. The van der Waals surface area contributed by atoms with E-state index in [4.69, 9.17) is 14.2 Å². The highest BCUT2D eigenvalue weighted by molar-refractivity contribution is 7.13. The van der Waals surface area contributed by atoms with E-state index in [1.807, 2.05) is 11.4 Å². The van der Waals surface area contributed by atoms with Crippen LogP contribution in [0.5, 0.6) is 5.75 Å². The number of nitrogens with one attached hydrogen (secondary N) is 1. The molecule has 5 rings (SSSR count). The number of amides is 1. The van der Waals surface area contributed by atoms with Gasteiger partial charge in [-0.25, -0.2) is 14.2 Å². The summed E-state index contributed by atoms with van der Waals surface area (Å²) in [7, 11) is 1.23. The van der Waals surface area contributed by atoms with Gasteiger partial charge in [-0.15, -0.1) is 11.3 Å². The average Bonchev–Trinajstić information content (AvgIpc) is 3.45. The number of benzene rings is 2. The van der Waals surface area contributed by atoms with Gasteiger partial charge in [0.1, 0.15) is 18.2 Å². The summed E-state index contributed by atoms with van der Waals surface area (Å²) in [5, 5.41) is 5.31. The lowest BCUT2D eigenvalue weighted by Gasteiger charge is -2.36. The summed E-state index contributed by atoms with van der Waals surface area (Å²) in [4.78, 5) is 29.4. The molecular weight excluding hydrogens is 519 g/mol. The summed E-state index contributed by atoms with van der Waals surface area (Å²) >= 11 is 1.38. The van der Waals surface area contributed by atoms with E-state index < -0.39 is 17.2 Å². The summed E-state index contributed by atoms with van der Waals surface area (Å²) in [5.41, 5.74) is 3.01. The molecule has 39 heavy (non-hydrogen) atoms. The molecule has 1 aliphatic carbocycles. The van der Waals surface area contributed by atoms with Crippen molar-refractivity contribution >= 4 is 28.3 Å². The predicted octanol–water partition coefficient (Wildman–Crippen LogP) is 6.31. The van der Waals surface area contributed by atoms with Gasteiger partial charge >= 0.3 is 5.97 Å². The number of fused-ring (bicyclic) bond motifs is 1. The molecular formula is C30H33FN2O5S. The molecule has 0 bridgehead atoms. The van der Waals surface area contributed by atoms with Crippen molar-refractivity contribution in [2.24, 2.45) is 0 Å². The monoisotopic (exact) mass is 552 g/mol. The maximum absolute atomic E-state index is 14.5. The summed E-state index contributed by atoms with van der Waals surface area (Å²) in [6.45, 7) is 3.24. The number of thiazole rings is 1. The van der Waals surface area contributed by atoms with Crippen molar-refractivity contribution in [1.82, 2.24) is 4.98 Å². The highest BCUT2D eigenvalue weighted by atomic mass is 32.1. The van der Waals surface area contributed by atoms with E-state index in [1.54, 1.807) is 12.3 Å². The van der Waals surface area contributed by atoms with Crippen LogP contribution in [0.1, 0.15) is 66.9 Å². The van der Waals surface area contributed by atoms with Crippen LogP contribution in [0.2, 0.25) is 0 Å². The lowest BCUT2D eigenvalue weighted by molar-refractivity contribution is -0.117. The Morgan fingerprint density at radius 1 is 1.23 bits per heavy atom. The largest absolute Gasteiger partial charge is 0.490 e. The number of halogens is 1. The predicted molar refractivity (Wildman–Crippen MR) is 148 cm³/mol. The molecule has 0 saturated carbocycles. The minimum Gasteiger partial charge on any atom is -0.490 e. The SMILES string of the molecule is COC(=O)c1cc(-c2cc3c(cc2OCC2CCCCO2)CCCC3(C)CC(=O)Nc2nccs2)ccc1F. The molecule has 0 spiro atoms. The maximum Gasteiger partial charge on any atom is 0.340 e. The van der Waals surface area contributed by atoms with Gasteiger partial charge in [-0.2, -0.15) is 0 Å². The number of aromatic nitrogens is 1. The van der Waals surface area contributed by atoms with E-state index >= 15 is 0 Å². The Labute approximate surface area is 231 Å². The number of rotatable bonds is 8. The molecule has 3 aromatic rings. The van der Waals surface area contributed by atoms with Crippen molar-refractivity contribution in [2.75, 3.05) is 25.6 Å². The van der Waals surface area contributed by atoms with Gasteiger partial charge in [-0.05, 0) is 79.5 Å². The molecule has 2 aromatic carbocycles. The van der Waals surface area contributed by atoms with Crippen LogP contribution in [0.25, 0.3) is 11.1 Å². The number of esters is 1. The number of methoxy groups -OCH3 is 1. The third-order valence-corrected chi connectivity index (χ3v) is 8.33. The van der Waals surface area contributed by atoms with Crippen LogP contribution in [-0.4, -0.2) is 43.3 Å². The first-order chi connectivity index (χ1) is 18.9. The van der Waals surface area contributed by atoms with Gasteiger partial charge in [0, 0.05) is 35.6 Å². The summed E-state index contributed by atoms with van der Waals surface area (Å²) < 4.78 is 31.5. The number of ether oxygens (including phenoxy) is 3. The summed E-state index contributed by atoms with van der Waals surface area (Å²) in [6.07, 6.45) is 7.73. The van der Waals surface area contributed by atoms with Gasteiger partial charge in [0.15, 0.2) is 5.13 Å². The van der Waals surface area contributed by atoms with E-state index in [1.165, 1.54) is 30.6 Å². The van der Waals surface area contributed by atoms with E-state index in [9.17, 15) is 14.0 Å². The van der Waals surface area contributed by atoms with E-state index in [2.05, 4.69) is 23.3 Å². The zero-order valence-corrected chi connectivity index (χ0v) is 23.1. The Hall–Kier alpha value is -3.30. The van der Waals surface area contributed by atoms with Crippen molar-refractivity contribution < 1.29 is 28.2 Å². The van der Waals surface area contributed by atoms with E-state index in [-0.39, 0.29) is 17.6 Å². The molecule has 1 fully saturated rings. The molecule has 2 unspecified atom stereocenters. The number of nitrogens with zero attached hydrogens (tertiary/aromatic N) is 1. The summed E-state index contributed by atoms with van der Waals surface area (Å²) in [5.74, 6) is -0.826. The van der Waals surface area contributed by atoms with Crippen LogP contribution < -0.4 is 10.1 Å². The number of hydrogen-bond acceptors (Lipinski definition) is 7. The molecule has 0 radical (unpaired) electrons. The normalized spacial score (nSPS) is 20.6. The van der Waals surface area contributed by atoms with Crippen LogP contribution >= 0.6 is 11.3 Å².